The van der Waals surface area contributed by atoms with Crippen molar-refractivity contribution in [3.8, 4) is 0 Å². The molecule has 0 unspecified atom stereocenters. The number of nitro groups is 1. The minimum absolute atomic E-state index is 0.00334. The Hall–Kier alpha value is -1.93. The van der Waals surface area contributed by atoms with Crippen LogP contribution >= 0.6 is 23.8 Å². The van der Waals surface area contributed by atoms with E-state index in [2.05, 4.69) is 5.32 Å². The minimum Gasteiger partial charge on any atom is -0.361 e. The average Bonchev–Trinajstić information content (AvgIpc) is 2.59. The molecule has 1 aliphatic rings. The second-order valence-corrected chi connectivity index (χ2v) is 6.59. The largest absolute Gasteiger partial charge is 0.361 e. The molecule has 0 spiro atoms. The van der Waals surface area contributed by atoms with Gasteiger partial charge in [-0.2, -0.15) is 0 Å². The fraction of sp³-hybridized carbons (Fsp3) is 0.500. The van der Waals surface area contributed by atoms with Gasteiger partial charge in [0.05, 0.1) is 9.95 Å². The van der Waals surface area contributed by atoms with Crippen LogP contribution in [0.3, 0.4) is 0 Å². The van der Waals surface area contributed by atoms with Crippen LogP contribution in [0.4, 0.5) is 11.4 Å². The lowest BCUT2D eigenvalue weighted by Crippen LogP contribution is -2.52. The zero-order valence-corrected chi connectivity index (χ0v) is 15.6. The van der Waals surface area contributed by atoms with Crippen LogP contribution in [0.15, 0.2) is 18.2 Å². The Bertz CT molecular complexity index is 663. The van der Waals surface area contributed by atoms with Gasteiger partial charge in [0.2, 0.25) is 5.91 Å². The highest BCUT2D eigenvalue weighted by molar-refractivity contribution is 7.80. The molecular formula is C16H21ClN4O3S. The van der Waals surface area contributed by atoms with Crippen molar-refractivity contribution in [2.45, 2.75) is 26.2 Å². The van der Waals surface area contributed by atoms with E-state index >= 15 is 0 Å². The summed E-state index contributed by atoms with van der Waals surface area (Å²) in [4.78, 5) is 26.4. The van der Waals surface area contributed by atoms with E-state index in [0.717, 1.165) is 12.8 Å². The van der Waals surface area contributed by atoms with Crippen molar-refractivity contribution in [3.05, 3.63) is 33.3 Å². The maximum absolute atomic E-state index is 11.8. The van der Waals surface area contributed by atoms with Gasteiger partial charge in [-0.15, -0.1) is 0 Å². The molecule has 0 saturated carbocycles. The molecule has 2 rings (SSSR count). The lowest BCUT2D eigenvalue weighted by Gasteiger charge is -2.37. The van der Waals surface area contributed by atoms with Crippen molar-refractivity contribution in [1.29, 1.82) is 0 Å². The predicted octanol–water partition coefficient (Wildman–Crippen LogP) is 2.96. The number of anilines is 1. The Balaban J connectivity index is 1.97. The summed E-state index contributed by atoms with van der Waals surface area (Å²) in [7, 11) is 0. The van der Waals surface area contributed by atoms with Crippen LogP contribution in [-0.4, -0.2) is 47.0 Å². The first-order valence-electron chi connectivity index (χ1n) is 8.20. The van der Waals surface area contributed by atoms with Gasteiger partial charge in [0.15, 0.2) is 5.11 Å². The van der Waals surface area contributed by atoms with Crippen LogP contribution in [0, 0.1) is 10.1 Å². The van der Waals surface area contributed by atoms with Gasteiger partial charge in [0.25, 0.3) is 5.69 Å². The molecule has 1 aromatic carbocycles. The Kier molecular flexibility index (Phi) is 6.95. The van der Waals surface area contributed by atoms with E-state index in [4.69, 9.17) is 23.8 Å². The van der Waals surface area contributed by atoms with Crippen LogP contribution in [0.5, 0.6) is 0 Å². The lowest BCUT2D eigenvalue weighted by atomic mass is 10.2. The smallest absolute Gasteiger partial charge is 0.294 e. The van der Waals surface area contributed by atoms with Crippen LogP contribution in [0.1, 0.15) is 26.2 Å². The number of carbonyl (C=O) groups excluding carboxylic acids is 1. The summed E-state index contributed by atoms with van der Waals surface area (Å²) in [6.07, 6.45) is 2.25. The number of rotatable bonds is 5. The zero-order valence-electron chi connectivity index (χ0n) is 14.0. The van der Waals surface area contributed by atoms with Crippen molar-refractivity contribution in [2.24, 2.45) is 0 Å². The number of nitrogens with zero attached hydrogens (tertiary/aromatic N) is 3. The quantitative estimate of drug-likeness (QED) is 0.477. The molecule has 1 N–H and O–H groups in total. The Morgan fingerprint density at radius 2 is 2.04 bits per heavy atom. The summed E-state index contributed by atoms with van der Waals surface area (Å²) < 4.78 is 0. The summed E-state index contributed by atoms with van der Waals surface area (Å²) in [5.74, 6) is -0.0731. The number of carbonyl (C=O) groups is 1. The number of para-hydroxylation sites is 1. The van der Waals surface area contributed by atoms with Gasteiger partial charge < -0.3 is 15.1 Å². The summed E-state index contributed by atoms with van der Waals surface area (Å²) >= 11 is 11.5. The van der Waals surface area contributed by atoms with Crippen molar-refractivity contribution >= 4 is 46.2 Å². The van der Waals surface area contributed by atoms with E-state index < -0.39 is 4.92 Å². The Morgan fingerprint density at radius 1 is 1.36 bits per heavy atom. The second kappa shape index (κ2) is 8.96. The maximum atomic E-state index is 11.8. The third kappa shape index (κ3) is 5.02. The van der Waals surface area contributed by atoms with E-state index in [9.17, 15) is 14.9 Å². The average molecular weight is 385 g/mol. The monoisotopic (exact) mass is 384 g/mol. The predicted molar refractivity (Wildman–Crippen MR) is 102 cm³/mol. The number of benzene rings is 1. The third-order valence-corrected chi connectivity index (χ3v) is 4.71. The molecule has 0 aromatic heterocycles. The number of nitrogens with one attached hydrogen (secondary N) is 1. The van der Waals surface area contributed by atoms with Gasteiger partial charge >= 0.3 is 0 Å². The number of piperazine rings is 1. The summed E-state index contributed by atoms with van der Waals surface area (Å²) in [6.45, 7) is 4.23. The molecule has 1 aliphatic heterocycles. The fourth-order valence-corrected chi connectivity index (χ4v) is 3.28. The SMILES string of the molecule is CCCCC(=O)NC(=S)N1CCN(c2c(Cl)cccc2[N+](=O)[O-])CC1. The summed E-state index contributed by atoms with van der Waals surface area (Å²) in [6, 6.07) is 4.67. The standard InChI is InChI=1S/C16H21ClN4O3S/c1-2-3-7-14(22)18-16(25)20-10-8-19(9-11-20)15-12(17)5-4-6-13(15)21(23)24/h4-6H,2-3,7-11H2,1H3,(H,18,22,25). The molecule has 9 heteroatoms. The third-order valence-electron chi connectivity index (χ3n) is 4.05. The van der Waals surface area contributed by atoms with Crippen molar-refractivity contribution < 1.29 is 9.72 Å². The van der Waals surface area contributed by atoms with Crippen molar-refractivity contribution in [3.63, 3.8) is 0 Å². The molecule has 1 heterocycles. The highest BCUT2D eigenvalue weighted by atomic mass is 35.5. The van der Waals surface area contributed by atoms with Gasteiger partial charge in [0.1, 0.15) is 5.69 Å². The summed E-state index contributed by atoms with van der Waals surface area (Å²) in [5, 5.41) is 14.8. The molecule has 1 amide bonds. The van der Waals surface area contributed by atoms with E-state index in [0.29, 0.717) is 48.4 Å². The fourth-order valence-electron chi connectivity index (χ4n) is 2.70. The first-order chi connectivity index (χ1) is 11.9. The molecule has 0 radical (unpaired) electrons. The normalized spacial score (nSPS) is 14.3. The molecule has 1 saturated heterocycles. The molecule has 7 nitrogen and oxygen atoms in total. The van der Waals surface area contributed by atoms with Crippen LogP contribution in [0.2, 0.25) is 5.02 Å². The van der Waals surface area contributed by atoms with Gasteiger partial charge in [-0.1, -0.05) is 31.0 Å². The molecule has 0 aliphatic carbocycles. The number of hydrogen-bond donors (Lipinski definition) is 1. The van der Waals surface area contributed by atoms with Gasteiger partial charge in [-0.05, 0) is 24.7 Å². The Labute approximate surface area is 157 Å². The van der Waals surface area contributed by atoms with Crippen LogP contribution in [-0.2, 0) is 4.79 Å². The minimum atomic E-state index is -0.424. The molecule has 1 fully saturated rings. The molecular weight excluding hydrogens is 364 g/mol. The van der Waals surface area contributed by atoms with Crippen molar-refractivity contribution in [2.75, 3.05) is 31.1 Å². The number of amides is 1. The molecule has 136 valence electrons. The van der Waals surface area contributed by atoms with Gasteiger partial charge in [-0.3, -0.25) is 14.9 Å². The van der Waals surface area contributed by atoms with Crippen LogP contribution < -0.4 is 10.2 Å². The number of nitro benzene ring substituents is 1. The summed E-state index contributed by atoms with van der Waals surface area (Å²) in [5.41, 5.74) is 0.433. The van der Waals surface area contributed by atoms with Crippen molar-refractivity contribution in [1.82, 2.24) is 10.2 Å². The first kappa shape index (κ1) is 19.4. The topological polar surface area (TPSA) is 78.7 Å². The van der Waals surface area contributed by atoms with Gasteiger partial charge in [-0.25, -0.2) is 0 Å². The highest BCUT2D eigenvalue weighted by Crippen LogP contribution is 2.35. The maximum Gasteiger partial charge on any atom is 0.294 e. The highest BCUT2D eigenvalue weighted by Gasteiger charge is 2.27. The number of halogens is 1. The van der Waals surface area contributed by atoms with E-state index in [1.807, 2.05) is 16.7 Å². The zero-order chi connectivity index (χ0) is 18.4. The molecule has 0 bridgehead atoms. The molecule has 0 atom stereocenters. The number of thiocarbonyl (C=S) groups is 1. The Morgan fingerprint density at radius 3 is 2.64 bits per heavy atom. The lowest BCUT2D eigenvalue weighted by molar-refractivity contribution is -0.384. The first-order valence-corrected chi connectivity index (χ1v) is 8.99. The van der Waals surface area contributed by atoms with Crippen LogP contribution in [0.25, 0.3) is 0 Å². The second-order valence-electron chi connectivity index (χ2n) is 5.80. The van der Waals surface area contributed by atoms with E-state index in [-0.39, 0.29) is 11.6 Å². The molecule has 1 aromatic rings. The number of unbranched alkanes of at least 4 members (excludes halogenated alkanes) is 1. The van der Waals surface area contributed by atoms with Gasteiger partial charge in [0, 0.05) is 38.7 Å². The van der Waals surface area contributed by atoms with E-state index in [1.54, 1.807) is 12.1 Å². The molecule has 25 heavy (non-hydrogen) atoms. The van der Waals surface area contributed by atoms with E-state index in [1.165, 1.54) is 6.07 Å². The number of hydrogen-bond acceptors (Lipinski definition) is 5.